The van der Waals surface area contributed by atoms with Crippen LogP contribution < -0.4 is 5.32 Å². The van der Waals surface area contributed by atoms with E-state index in [1.165, 1.54) is 12.1 Å². The molecule has 88 valence electrons. The largest absolute Gasteiger partial charge is 0.316 e. The molecule has 0 aliphatic carbocycles. The van der Waals surface area contributed by atoms with Crippen molar-refractivity contribution < 1.29 is 8.78 Å². The summed E-state index contributed by atoms with van der Waals surface area (Å²) in [7, 11) is 1.87. The first-order valence-corrected chi connectivity index (χ1v) is 5.39. The van der Waals surface area contributed by atoms with Gasteiger partial charge in [0.05, 0.1) is 0 Å². The van der Waals surface area contributed by atoms with Gasteiger partial charge in [0.1, 0.15) is 11.6 Å². The molecule has 1 nitrogen and oxygen atoms in total. The maximum atomic E-state index is 13.5. The second kappa shape index (κ2) is 5.06. The van der Waals surface area contributed by atoms with Crippen LogP contribution in [-0.2, 0) is 6.54 Å². The van der Waals surface area contributed by atoms with Gasteiger partial charge in [-0.15, -0.1) is 0 Å². The van der Waals surface area contributed by atoms with E-state index in [9.17, 15) is 8.78 Å². The lowest BCUT2D eigenvalue weighted by Gasteiger charge is -2.05. The highest BCUT2D eigenvalue weighted by molar-refractivity contribution is 5.64. The number of halogens is 2. The Morgan fingerprint density at radius 1 is 1.00 bits per heavy atom. The van der Waals surface area contributed by atoms with E-state index in [0.29, 0.717) is 5.56 Å². The van der Waals surface area contributed by atoms with Gasteiger partial charge < -0.3 is 5.32 Å². The van der Waals surface area contributed by atoms with Crippen molar-refractivity contribution in [2.45, 2.75) is 6.54 Å². The minimum Gasteiger partial charge on any atom is -0.316 e. The molecule has 0 radical (unpaired) electrons. The van der Waals surface area contributed by atoms with Gasteiger partial charge in [-0.2, -0.15) is 0 Å². The van der Waals surface area contributed by atoms with Crippen molar-refractivity contribution in [3.05, 3.63) is 59.7 Å². The number of benzene rings is 2. The minimum absolute atomic E-state index is 0.419. The number of rotatable bonds is 3. The Kier molecular flexibility index (Phi) is 3.49. The molecule has 0 amide bonds. The van der Waals surface area contributed by atoms with Gasteiger partial charge in [0, 0.05) is 18.2 Å². The number of hydrogen-bond acceptors (Lipinski definition) is 1. The molecule has 2 rings (SSSR count). The van der Waals surface area contributed by atoms with E-state index in [-0.39, 0.29) is 0 Å². The Morgan fingerprint density at radius 3 is 2.29 bits per heavy atom. The molecular formula is C14H13F2N. The fourth-order valence-corrected chi connectivity index (χ4v) is 1.73. The normalized spacial score (nSPS) is 10.5. The predicted molar refractivity (Wildman–Crippen MR) is 64.6 cm³/mol. The maximum Gasteiger partial charge on any atom is 0.133 e. The lowest BCUT2D eigenvalue weighted by Crippen LogP contribution is -2.04. The first-order valence-electron chi connectivity index (χ1n) is 5.39. The van der Waals surface area contributed by atoms with Crippen molar-refractivity contribution in [1.82, 2.24) is 5.32 Å². The van der Waals surface area contributed by atoms with Gasteiger partial charge in [-0.3, -0.25) is 0 Å². The van der Waals surface area contributed by atoms with Crippen molar-refractivity contribution >= 4 is 0 Å². The zero-order valence-electron chi connectivity index (χ0n) is 9.50. The molecule has 0 atom stereocenters. The van der Waals surface area contributed by atoms with Crippen LogP contribution in [-0.4, -0.2) is 7.05 Å². The van der Waals surface area contributed by atoms with Gasteiger partial charge in [0.25, 0.3) is 0 Å². The topological polar surface area (TPSA) is 12.0 Å². The monoisotopic (exact) mass is 233 g/mol. The summed E-state index contributed by atoms with van der Waals surface area (Å²) in [4.78, 5) is 0. The van der Waals surface area contributed by atoms with Crippen LogP contribution >= 0.6 is 0 Å². The number of hydrogen-bond donors (Lipinski definition) is 1. The molecule has 0 fully saturated rings. The maximum absolute atomic E-state index is 13.5. The standard InChI is InChI=1S/C14H13F2N/c1-17-9-10-2-4-11(5-3-10)13-7-6-12(15)8-14(13)16/h2-8,17H,9H2,1H3. The van der Waals surface area contributed by atoms with Gasteiger partial charge in [-0.1, -0.05) is 24.3 Å². The zero-order valence-corrected chi connectivity index (χ0v) is 9.50. The van der Waals surface area contributed by atoms with Crippen LogP contribution in [0.1, 0.15) is 5.56 Å². The molecule has 17 heavy (non-hydrogen) atoms. The fraction of sp³-hybridized carbons (Fsp3) is 0.143. The lowest BCUT2D eigenvalue weighted by atomic mass is 10.0. The van der Waals surface area contributed by atoms with Gasteiger partial charge in [0.15, 0.2) is 0 Å². The van der Waals surface area contributed by atoms with Crippen LogP contribution in [0.25, 0.3) is 11.1 Å². The second-order valence-corrected chi connectivity index (χ2v) is 3.85. The molecule has 1 N–H and O–H groups in total. The minimum atomic E-state index is -0.557. The molecule has 0 bridgehead atoms. The van der Waals surface area contributed by atoms with E-state index in [1.54, 1.807) is 0 Å². The van der Waals surface area contributed by atoms with E-state index in [2.05, 4.69) is 5.32 Å². The summed E-state index contributed by atoms with van der Waals surface area (Å²) < 4.78 is 26.3. The van der Waals surface area contributed by atoms with Crippen molar-refractivity contribution in [2.24, 2.45) is 0 Å². The molecular weight excluding hydrogens is 220 g/mol. The average Bonchev–Trinajstić information content (AvgIpc) is 2.31. The molecule has 0 aromatic heterocycles. The van der Waals surface area contributed by atoms with E-state index in [1.807, 2.05) is 31.3 Å². The molecule has 0 aliphatic heterocycles. The summed E-state index contributed by atoms with van der Waals surface area (Å²) in [6.45, 7) is 0.770. The van der Waals surface area contributed by atoms with Crippen LogP contribution in [0.4, 0.5) is 8.78 Å². The van der Waals surface area contributed by atoms with E-state index in [4.69, 9.17) is 0 Å². The third-order valence-corrected chi connectivity index (χ3v) is 2.58. The predicted octanol–water partition coefficient (Wildman–Crippen LogP) is 3.35. The molecule has 0 unspecified atom stereocenters. The highest BCUT2D eigenvalue weighted by Gasteiger charge is 2.05. The van der Waals surface area contributed by atoms with E-state index < -0.39 is 11.6 Å². The first kappa shape index (κ1) is 11.7. The number of nitrogens with one attached hydrogen (secondary N) is 1. The van der Waals surface area contributed by atoms with Crippen molar-refractivity contribution in [3.8, 4) is 11.1 Å². The molecule has 0 spiro atoms. The van der Waals surface area contributed by atoms with Crippen molar-refractivity contribution in [1.29, 1.82) is 0 Å². The highest BCUT2D eigenvalue weighted by atomic mass is 19.1. The van der Waals surface area contributed by atoms with Crippen LogP contribution in [0, 0.1) is 11.6 Å². The summed E-state index contributed by atoms with van der Waals surface area (Å²) in [5, 5.41) is 3.04. The lowest BCUT2D eigenvalue weighted by molar-refractivity contribution is 0.585. The summed E-state index contributed by atoms with van der Waals surface area (Å²) >= 11 is 0. The summed E-state index contributed by atoms with van der Waals surface area (Å²) in [6, 6.07) is 11.1. The van der Waals surface area contributed by atoms with E-state index >= 15 is 0 Å². The Labute approximate surface area is 99.1 Å². The van der Waals surface area contributed by atoms with Crippen LogP contribution in [0.15, 0.2) is 42.5 Å². The van der Waals surface area contributed by atoms with Gasteiger partial charge in [-0.05, 0) is 30.3 Å². The van der Waals surface area contributed by atoms with Crippen LogP contribution in [0.3, 0.4) is 0 Å². The third kappa shape index (κ3) is 2.68. The Bertz CT molecular complexity index is 506. The smallest absolute Gasteiger partial charge is 0.133 e. The molecule has 2 aromatic carbocycles. The first-order chi connectivity index (χ1) is 8.20. The molecule has 3 heteroatoms. The molecule has 0 saturated heterocycles. The van der Waals surface area contributed by atoms with Crippen molar-refractivity contribution in [2.75, 3.05) is 7.05 Å². The van der Waals surface area contributed by atoms with Gasteiger partial charge in [-0.25, -0.2) is 8.78 Å². The molecule has 0 aliphatic rings. The van der Waals surface area contributed by atoms with E-state index in [0.717, 1.165) is 23.7 Å². The fourth-order valence-electron chi connectivity index (χ4n) is 1.73. The Morgan fingerprint density at radius 2 is 1.71 bits per heavy atom. The summed E-state index contributed by atoms with van der Waals surface area (Å²) in [5.74, 6) is -1.09. The Hall–Kier alpha value is -1.74. The molecule has 0 saturated carbocycles. The van der Waals surface area contributed by atoms with Gasteiger partial charge >= 0.3 is 0 Å². The molecule has 2 aromatic rings. The zero-order chi connectivity index (χ0) is 12.3. The summed E-state index contributed by atoms with van der Waals surface area (Å²) in [6.07, 6.45) is 0. The quantitative estimate of drug-likeness (QED) is 0.857. The summed E-state index contributed by atoms with van der Waals surface area (Å²) in [5.41, 5.74) is 2.29. The third-order valence-electron chi connectivity index (χ3n) is 2.58. The Balaban J connectivity index is 2.33. The second-order valence-electron chi connectivity index (χ2n) is 3.85. The SMILES string of the molecule is CNCc1ccc(-c2ccc(F)cc2F)cc1. The average molecular weight is 233 g/mol. The van der Waals surface area contributed by atoms with Crippen LogP contribution in [0.2, 0.25) is 0 Å². The highest BCUT2D eigenvalue weighted by Crippen LogP contribution is 2.23. The van der Waals surface area contributed by atoms with Crippen LogP contribution in [0.5, 0.6) is 0 Å². The van der Waals surface area contributed by atoms with Gasteiger partial charge in [0.2, 0.25) is 0 Å². The molecule has 0 heterocycles. The van der Waals surface area contributed by atoms with Crippen molar-refractivity contribution in [3.63, 3.8) is 0 Å².